The molecule has 1 saturated heterocycles. The van der Waals surface area contributed by atoms with E-state index in [-0.39, 0.29) is 18.3 Å². The topological polar surface area (TPSA) is 50.2 Å². The molecule has 26 heavy (non-hydrogen) atoms. The van der Waals surface area contributed by atoms with Crippen LogP contribution in [-0.2, 0) is 12.8 Å². The van der Waals surface area contributed by atoms with Gasteiger partial charge in [0.1, 0.15) is 0 Å². The van der Waals surface area contributed by atoms with Crippen molar-refractivity contribution in [2.45, 2.75) is 45.1 Å². The van der Waals surface area contributed by atoms with Crippen molar-refractivity contribution >= 4 is 18.3 Å². The minimum Gasteiger partial charge on any atom is -0.337 e. The Bertz CT molecular complexity index is 795. The molecule has 1 fully saturated rings. The van der Waals surface area contributed by atoms with Gasteiger partial charge in [0, 0.05) is 24.3 Å². The molecule has 1 amide bonds. The molecule has 1 aliphatic carbocycles. The zero-order valence-electron chi connectivity index (χ0n) is 15.5. The van der Waals surface area contributed by atoms with Gasteiger partial charge >= 0.3 is 0 Å². The fraction of sp³-hybridized carbons (Fsp3) is 0.500. The van der Waals surface area contributed by atoms with E-state index in [4.69, 9.17) is 5.10 Å². The molecule has 6 heteroatoms. The second kappa shape index (κ2) is 7.80. The molecule has 0 spiro atoms. The summed E-state index contributed by atoms with van der Waals surface area (Å²) in [7, 11) is 1.94. The number of carbonyl (C=O) groups excluding carboxylic acids is 1. The lowest BCUT2D eigenvalue weighted by Crippen LogP contribution is -2.44. The molecule has 2 aliphatic rings. The van der Waals surface area contributed by atoms with Gasteiger partial charge < -0.3 is 10.2 Å². The van der Waals surface area contributed by atoms with Crippen LogP contribution in [0.5, 0.6) is 0 Å². The van der Waals surface area contributed by atoms with Gasteiger partial charge in [0.2, 0.25) is 0 Å². The summed E-state index contributed by atoms with van der Waals surface area (Å²) in [6.45, 7) is 4.07. The lowest BCUT2D eigenvalue weighted by Gasteiger charge is -2.31. The zero-order valence-corrected chi connectivity index (χ0v) is 16.3. The van der Waals surface area contributed by atoms with Crippen LogP contribution in [0.3, 0.4) is 0 Å². The van der Waals surface area contributed by atoms with Gasteiger partial charge in [-0.05, 0) is 63.7 Å². The first-order valence-corrected chi connectivity index (χ1v) is 9.31. The number of benzene rings is 1. The van der Waals surface area contributed by atoms with E-state index < -0.39 is 0 Å². The Morgan fingerprint density at radius 1 is 1.23 bits per heavy atom. The first-order chi connectivity index (χ1) is 12.2. The van der Waals surface area contributed by atoms with E-state index in [0.717, 1.165) is 56.4 Å². The fourth-order valence-electron chi connectivity index (χ4n) is 4.14. The number of aryl methyl sites for hydroxylation is 1. The Morgan fingerprint density at radius 3 is 2.69 bits per heavy atom. The van der Waals surface area contributed by atoms with E-state index in [2.05, 4.69) is 24.4 Å². The molecule has 1 aliphatic heterocycles. The molecule has 1 aromatic heterocycles. The first kappa shape index (κ1) is 18.9. The summed E-state index contributed by atoms with van der Waals surface area (Å²) in [4.78, 5) is 15.1. The van der Waals surface area contributed by atoms with Crippen molar-refractivity contribution in [3.05, 3.63) is 46.8 Å². The van der Waals surface area contributed by atoms with Gasteiger partial charge in [0.25, 0.3) is 5.91 Å². The van der Waals surface area contributed by atoms with Crippen LogP contribution in [0.2, 0.25) is 0 Å². The SMILES string of the molecule is Cc1ccccc1-n1nc(C(=O)N(C)C2CCNCC2)c2c1CCC2.Cl. The Hall–Kier alpha value is -1.85. The average molecular weight is 375 g/mol. The lowest BCUT2D eigenvalue weighted by molar-refractivity contribution is 0.0695. The number of hydrogen-bond donors (Lipinski definition) is 1. The molecule has 0 unspecified atom stereocenters. The number of nitrogens with one attached hydrogen (secondary N) is 1. The van der Waals surface area contributed by atoms with E-state index in [1.54, 1.807) is 0 Å². The highest BCUT2D eigenvalue weighted by molar-refractivity contribution is 5.94. The van der Waals surface area contributed by atoms with Crippen LogP contribution in [-0.4, -0.2) is 46.8 Å². The molecule has 4 rings (SSSR count). The summed E-state index contributed by atoms with van der Waals surface area (Å²) in [6.07, 6.45) is 5.10. The molecular formula is C20H27ClN4O. The maximum atomic E-state index is 13.2. The summed E-state index contributed by atoms with van der Waals surface area (Å²) in [5, 5.41) is 8.15. The molecule has 0 atom stereocenters. The smallest absolute Gasteiger partial charge is 0.274 e. The van der Waals surface area contributed by atoms with Crippen molar-refractivity contribution in [2.75, 3.05) is 20.1 Å². The third-order valence-electron chi connectivity index (χ3n) is 5.65. The van der Waals surface area contributed by atoms with Gasteiger partial charge in [0.05, 0.1) is 5.69 Å². The lowest BCUT2D eigenvalue weighted by atomic mass is 10.0. The maximum absolute atomic E-state index is 13.2. The number of halogens is 1. The summed E-state index contributed by atoms with van der Waals surface area (Å²) in [6, 6.07) is 8.58. The number of para-hydroxylation sites is 1. The minimum atomic E-state index is 0. The summed E-state index contributed by atoms with van der Waals surface area (Å²) >= 11 is 0. The average Bonchev–Trinajstić information content (AvgIpc) is 3.24. The van der Waals surface area contributed by atoms with Crippen LogP contribution < -0.4 is 5.32 Å². The predicted octanol–water partition coefficient (Wildman–Crippen LogP) is 2.92. The highest BCUT2D eigenvalue weighted by Crippen LogP contribution is 2.30. The molecule has 5 nitrogen and oxygen atoms in total. The quantitative estimate of drug-likeness (QED) is 0.898. The molecular weight excluding hydrogens is 348 g/mol. The number of nitrogens with zero attached hydrogens (tertiary/aromatic N) is 3. The monoisotopic (exact) mass is 374 g/mol. The van der Waals surface area contributed by atoms with Crippen molar-refractivity contribution < 1.29 is 4.79 Å². The van der Waals surface area contributed by atoms with Gasteiger partial charge in [-0.2, -0.15) is 5.10 Å². The Balaban J connectivity index is 0.00000196. The van der Waals surface area contributed by atoms with Gasteiger partial charge in [-0.15, -0.1) is 12.4 Å². The van der Waals surface area contributed by atoms with E-state index in [0.29, 0.717) is 11.7 Å². The van der Waals surface area contributed by atoms with E-state index in [1.165, 1.54) is 11.3 Å². The van der Waals surface area contributed by atoms with Crippen LogP contribution in [0, 0.1) is 6.92 Å². The summed E-state index contributed by atoms with van der Waals surface area (Å²) in [5.74, 6) is 0.0809. The van der Waals surface area contributed by atoms with Crippen molar-refractivity contribution in [3.8, 4) is 5.69 Å². The molecule has 1 aromatic carbocycles. The van der Waals surface area contributed by atoms with Gasteiger partial charge in [-0.25, -0.2) is 4.68 Å². The standard InChI is InChI=1S/C20H26N4O.ClH/c1-14-6-3-4-8-17(14)24-18-9-5-7-16(18)19(22-24)20(25)23(2)15-10-12-21-13-11-15;/h3-4,6,8,15,21H,5,7,9-13H2,1-2H3;1H. The number of rotatable bonds is 3. The molecule has 0 saturated carbocycles. The second-order valence-electron chi connectivity index (χ2n) is 7.22. The first-order valence-electron chi connectivity index (χ1n) is 9.31. The number of carbonyl (C=O) groups is 1. The molecule has 0 radical (unpaired) electrons. The highest BCUT2D eigenvalue weighted by Gasteiger charge is 2.31. The van der Waals surface area contributed by atoms with Crippen molar-refractivity contribution in [1.29, 1.82) is 0 Å². The van der Waals surface area contributed by atoms with Crippen molar-refractivity contribution in [2.24, 2.45) is 0 Å². The van der Waals surface area contributed by atoms with E-state index in [9.17, 15) is 4.79 Å². The summed E-state index contributed by atoms with van der Waals surface area (Å²) < 4.78 is 2.02. The molecule has 140 valence electrons. The molecule has 1 N–H and O–H groups in total. The van der Waals surface area contributed by atoms with Crippen LogP contribution >= 0.6 is 12.4 Å². The normalized spacial score (nSPS) is 16.8. The summed E-state index contributed by atoms with van der Waals surface area (Å²) in [5.41, 5.74) is 5.32. The second-order valence-corrected chi connectivity index (χ2v) is 7.22. The molecule has 2 heterocycles. The van der Waals surface area contributed by atoms with Crippen LogP contribution in [0.15, 0.2) is 24.3 Å². The highest BCUT2D eigenvalue weighted by atomic mass is 35.5. The predicted molar refractivity (Wildman–Crippen MR) is 106 cm³/mol. The minimum absolute atomic E-state index is 0. The Labute approximate surface area is 161 Å². The largest absolute Gasteiger partial charge is 0.337 e. The van der Waals surface area contributed by atoms with Crippen molar-refractivity contribution in [1.82, 2.24) is 20.0 Å². The zero-order chi connectivity index (χ0) is 17.4. The van der Waals surface area contributed by atoms with Gasteiger partial charge in [-0.3, -0.25) is 4.79 Å². The fourth-order valence-corrected chi connectivity index (χ4v) is 4.14. The molecule has 2 aromatic rings. The number of fused-ring (bicyclic) bond motifs is 1. The Kier molecular flexibility index (Phi) is 5.68. The van der Waals surface area contributed by atoms with Crippen LogP contribution in [0.4, 0.5) is 0 Å². The van der Waals surface area contributed by atoms with Gasteiger partial charge in [0.15, 0.2) is 5.69 Å². The Morgan fingerprint density at radius 2 is 1.96 bits per heavy atom. The molecule has 0 bridgehead atoms. The van der Waals surface area contributed by atoms with E-state index >= 15 is 0 Å². The third kappa shape index (κ3) is 3.26. The van der Waals surface area contributed by atoms with E-state index in [1.807, 2.05) is 28.8 Å². The van der Waals surface area contributed by atoms with Crippen molar-refractivity contribution in [3.63, 3.8) is 0 Å². The van der Waals surface area contributed by atoms with Gasteiger partial charge in [-0.1, -0.05) is 18.2 Å². The number of aromatic nitrogens is 2. The maximum Gasteiger partial charge on any atom is 0.274 e. The van der Waals surface area contributed by atoms with Crippen LogP contribution in [0.1, 0.15) is 46.6 Å². The number of hydrogen-bond acceptors (Lipinski definition) is 3. The third-order valence-corrected chi connectivity index (χ3v) is 5.65. The number of amides is 1. The number of piperidine rings is 1. The van der Waals surface area contributed by atoms with Crippen LogP contribution in [0.25, 0.3) is 5.69 Å².